The topological polar surface area (TPSA) is 85.2 Å². The molecule has 0 amide bonds. The van der Waals surface area contributed by atoms with Crippen LogP contribution in [0.5, 0.6) is 5.75 Å². The molecule has 0 aliphatic heterocycles. The van der Waals surface area contributed by atoms with E-state index in [0.29, 0.717) is 6.20 Å². The first-order valence-electron chi connectivity index (χ1n) is 3.97. The van der Waals surface area contributed by atoms with Crippen LogP contribution in [0.25, 0.3) is 0 Å². The molecule has 0 bridgehead atoms. The Morgan fingerprint density at radius 3 is 2.53 bits per heavy atom. The molecule has 1 heterocycles. The van der Waals surface area contributed by atoms with Crippen molar-refractivity contribution in [1.82, 2.24) is 4.98 Å². The lowest BCUT2D eigenvalue weighted by Gasteiger charge is -2.11. The molecule has 0 saturated carbocycles. The molecule has 1 aromatic heterocycles. The van der Waals surface area contributed by atoms with Crippen molar-refractivity contribution >= 4 is 21.6 Å². The quantitative estimate of drug-likeness (QED) is 0.525. The highest BCUT2D eigenvalue weighted by molar-refractivity contribution is 9.08. The fraction of sp³-hybridized carbons (Fsp3) is 0.286. The van der Waals surface area contributed by atoms with Crippen LogP contribution >= 0.6 is 15.9 Å². The Kier molecular flexibility index (Phi) is 3.76. The van der Waals surface area contributed by atoms with Crippen LogP contribution in [-0.2, 0) is 5.33 Å². The number of pyridine rings is 1. The average molecular weight is 317 g/mol. The summed E-state index contributed by atoms with van der Waals surface area (Å²) >= 11 is 2.76. The molecule has 0 radical (unpaired) electrons. The van der Waals surface area contributed by atoms with Gasteiger partial charge in [-0.1, -0.05) is 15.9 Å². The van der Waals surface area contributed by atoms with Crippen molar-refractivity contribution < 1.29 is 22.8 Å². The molecule has 0 saturated heterocycles. The van der Waals surface area contributed by atoms with Gasteiger partial charge in [0.2, 0.25) is 0 Å². The summed E-state index contributed by atoms with van der Waals surface area (Å²) in [7, 11) is 0. The number of ether oxygens (including phenoxy) is 1. The first-order valence-corrected chi connectivity index (χ1v) is 5.09. The van der Waals surface area contributed by atoms with Gasteiger partial charge in [-0.05, 0) is 0 Å². The van der Waals surface area contributed by atoms with E-state index in [4.69, 9.17) is 0 Å². The summed E-state index contributed by atoms with van der Waals surface area (Å²) in [5, 5.41) is 10.2. The molecule has 0 atom stereocenters. The zero-order chi connectivity index (χ0) is 13.2. The third kappa shape index (κ3) is 3.19. The fourth-order valence-electron chi connectivity index (χ4n) is 1.08. The van der Waals surface area contributed by atoms with Gasteiger partial charge >= 0.3 is 17.6 Å². The summed E-state index contributed by atoms with van der Waals surface area (Å²) in [5.41, 5.74) is -2.56. The molecule has 0 aliphatic carbocycles. The normalized spacial score (nSPS) is 11.3. The van der Waals surface area contributed by atoms with Gasteiger partial charge in [-0.25, -0.2) is 0 Å². The van der Waals surface area contributed by atoms with Crippen LogP contribution in [-0.4, -0.2) is 16.3 Å². The highest BCUT2D eigenvalue weighted by atomic mass is 79.9. The van der Waals surface area contributed by atoms with E-state index in [2.05, 4.69) is 20.7 Å². The van der Waals surface area contributed by atoms with E-state index in [-0.39, 0.29) is 5.33 Å². The second-order valence-electron chi connectivity index (χ2n) is 2.75. The maximum Gasteiger partial charge on any atom is 0.573 e. The van der Waals surface area contributed by atoms with Gasteiger partial charge in [0.1, 0.15) is 0 Å². The summed E-state index contributed by atoms with van der Waals surface area (Å²) in [6, 6.07) is 0. The van der Waals surface area contributed by atoms with E-state index in [1.807, 2.05) is 0 Å². The number of hydrogen-bond acceptors (Lipinski definition) is 4. The summed E-state index contributed by atoms with van der Waals surface area (Å²) in [5.74, 6) is -0.819. The van der Waals surface area contributed by atoms with Crippen LogP contribution in [0.15, 0.2) is 11.0 Å². The van der Waals surface area contributed by atoms with Crippen molar-refractivity contribution in [1.29, 1.82) is 0 Å². The van der Waals surface area contributed by atoms with E-state index < -0.39 is 33.8 Å². The van der Waals surface area contributed by atoms with Gasteiger partial charge in [-0.15, -0.1) is 13.2 Å². The number of alkyl halides is 4. The highest BCUT2D eigenvalue weighted by Gasteiger charge is 2.34. The van der Waals surface area contributed by atoms with E-state index in [1.165, 1.54) is 0 Å². The summed E-state index contributed by atoms with van der Waals surface area (Å²) in [6.07, 6.45) is -4.37. The second-order valence-corrected chi connectivity index (χ2v) is 3.31. The van der Waals surface area contributed by atoms with Crippen molar-refractivity contribution in [3.8, 4) is 5.75 Å². The van der Waals surface area contributed by atoms with Crippen molar-refractivity contribution in [3.63, 3.8) is 0 Å². The number of rotatable bonds is 3. The standard InChI is InChI=1S/C7H4BrF3N2O4/c8-1-3-4(17-7(9,10)11)2-12-6(14)5(3)13(15)16/h2H,1H2,(H,12,14). The monoisotopic (exact) mass is 316 g/mol. The zero-order valence-electron chi connectivity index (χ0n) is 7.88. The number of halogens is 4. The zero-order valence-corrected chi connectivity index (χ0v) is 9.46. The highest BCUT2D eigenvalue weighted by Crippen LogP contribution is 2.30. The molecule has 0 aromatic carbocycles. The first-order chi connectivity index (χ1) is 7.76. The number of nitro groups is 1. The molecule has 17 heavy (non-hydrogen) atoms. The Labute approximate surface area is 99.7 Å². The van der Waals surface area contributed by atoms with Gasteiger partial charge in [0.05, 0.1) is 10.5 Å². The lowest BCUT2D eigenvalue weighted by Crippen LogP contribution is -2.21. The summed E-state index contributed by atoms with van der Waals surface area (Å²) in [6.45, 7) is 0. The third-order valence-electron chi connectivity index (χ3n) is 1.67. The molecule has 10 heteroatoms. The third-order valence-corrected chi connectivity index (χ3v) is 2.24. The van der Waals surface area contributed by atoms with E-state index >= 15 is 0 Å². The van der Waals surface area contributed by atoms with E-state index in [1.54, 1.807) is 4.98 Å². The molecule has 1 aromatic rings. The Hall–Kier alpha value is -1.58. The lowest BCUT2D eigenvalue weighted by atomic mass is 10.2. The van der Waals surface area contributed by atoms with Crippen LogP contribution in [0.4, 0.5) is 18.9 Å². The fourth-order valence-corrected chi connectivity index (χ4v) is 1.62. The molecule has 1 rings (SSSR count). The molecule has 0 unspecified atom stereocenters. The smallest absolute Gasteiger partial charge is 0.404 e. The van der Waals surface area contributed by atoms with Crippen LogP contribution in [0.3, 0.4) is 0 Å². The molecule has 94 valence electrons. The predicted octanol–water partition coefficient (Wildman–Crippen LogP) is 2.08. The van der Waals surface area contributed by atoms with Gasteiger partial charge in [0.25, 0.3) is 0 Å². The average Bonchev–Trinajstić information content (AvgIpc) is 2.17. The van der Waals surface area contributed by atoms with Crippen LogP contribution in [0.2, 0.25) is 0 Å². The van der Waals surface area contributed by atoms with Gasteiger partial charge in [0, 0.05) is 11.5 Å². The summed E-state index contributed by atoms with van der Waals surface area (Å²) in [4.78, 5) is 22.4. The minimum absolute atomic E-state index is 0.321. The Morgan fingerprint density at radius 1 is 1.53 bits per heavy atom. The molecule has 0 spiro atoms. The van der Waals surface area contributed by atoms with Gasteiger partial charge in [0.15, 0.2) is 5.75 Å². The number of nitrogens with zero attached hydrogens (tertiary/aromatic N) is 1. The van der Waals surface area contributed by atoms with Gasteiger partial charge in [-0.3, -0.25) is 14.9 Å². The Morgan fingerprint density at radius 2 is 2.12 bits per heavy atom. The lowest BCUT2D eigenvalue weighted by molar-refractivity contribution is -0.387. The second kappa shape index (κ2) is 4.73. The Bertz CT molecular complexity index is 499. The van der Waals surface area contributed by atoms with Crippen LogP contribution < -0.4 is 10.3 Å². The maximum atomic E-state index is 12.0. The number of hydrogen-bond donors (Lipinski definition) is 1. The van der Waals surface area contributed by atoms with E-state index in [9.17, 15) is 28.1 Å². The van der Waals surface area contributed by atoms with E-state index in [0.717, 1.165) is 0 Å². The van der Waals surface area contributed by atoms with Crippen molar-refractivity contribution in [2.75, 3.05) is 0 Å². The van der Waals surface area contributed by atoms with Gasteiger partial charge < -0.3 is 9.72 Å². The molecule has 0 fully saturated rings. The molecule has 6 nitrogen and oxygen atoms in total. The molecular weight excluding hydrogens is 313 g/mol. The van der Waals surface area contributed by atoms with Gasteiger partial charge in [-0.2, -0.15) is 0 Å². The number of H-pyrrole nitrogens is 1. The predicted molar refractivity (Wildman–Crippen MR) is 53.0 cm³/mol. The number of nitrogens with one attached hydrogen (secondary N) is 1. The largest absolute Gasteiger partial charge is 0.573 e. The minimum atomic E-state index is -5.00. The van der Waals surface area contributed by atoms with Crippen LogP contribution in [0.1, 0.15) is 5.56 Å². The Balaban J connectivity index is 3.39. The molecular formula is C7H4BrF3N2O4. The molecule has 0 aliphatic rings. The molecule has 1 N–H and O–H groups in total. The van der Waals surface area contributed by atoms with Crippen LogP contribution in [0, 0.1) is 10.1 Å². The minimum Gasteiger partial charge on any atom is -0.404 e. The first kappa shape index (κ1) is 13.5. The van der Waals surface area contributed by atoms with Crippen molar-refractivity contribution in [3.05, 3.63) is 32.2 Å². The number of aromatic amines is 1. The maximum absolute atomic E-state index is 12.0. The number of aromatic nitrogens is 1. The van der Waals surface area contributed by atoms with Crippen molar-refractivity contribution in [2.24, 2.45) is 0 Å². The SMILES string of the molecule is O=c1[nH]cc(OC(F)(F)F)c(CBr)c1[N+](=O)[O-]. The van der Waals surface area contributed by atoms with Crippen molar-refractivity contribution in [2.45, 2.75) is 11.7 Å². The summed E-state index contributed by atoms with van der Waals surface area (Å²) < 4.78 is 39.5.